The highest BCUT2D eigenvalue weighted by Gasteiger charge is 2.94. The molecule has 19 heteroatoms. The van der Waals surface area contributed by atoms with Gasteiger partial charge in [0.25, 0.3) is 5.91 Å². The van der Waals surface area contributed by atoms with Crippen molar-refractivity contribution < 1.29 is 80.2 Å². The largest absolute Gasteiger partial charge is 0.464 e. The maximum Gasteiger partial charge on any atom is 0.460 e. The highest BCUT2D eigenvalue weighted by molar-refractivity contribution is 5.88. The van der Waals surface area contributed by atoms with Gasteiger partial charge in [-0.1, -0.05) is 96.8 Å². The van der Waals surface area contributed by atoms with Crippen LogP contribution in [-0.4, -0.2) is 78.2 Å². The summed E-state index contributed by atoms with van der Waals surface area (Å²) in [6.07, 6.45) is 7.39. The van der Waals surface area contributed by atoms with E-state index in [2.05, 4.69) is 11.7 Å². The summed E-state index contributed by atoms with van der Waals surface area (Å²) in [6.45, 7) is -0.323. The van der Waals surface area contributed by atoms with Crippen molar-refractivity contribution >= 4 is 11.9 Å². The molecule has 0 saturated carbocycles. The Balaban J connectivity index is 4.97. The molecule has 0 aliphatic heterocycles. The Morgan fingerprint density at radius 2 is 0.812 bits per heavy atom. The van der Waals surface area contributed by atoms with E-state index in [0.717, 1.165) is 38.5 Å². The van der Waals surface area contributed by atoms with E-state index in [1.165, 1.54) is 44.9 Å². The molecule has 1 amide bonds. The number of esters is 1. The van der Waals surface area contributed by atoms with Gasteiger partial charge < -0.3 is 9.64 Å². The van der Waals surface area contributed by atoms with E-state index in [4.69, 9.17) is 0 Å². The number of amides is 1. The Kier molecular flexibility index (Phi) is 17.9. The number of unbranched alkanes of at least 4 members (excludes halogenated alkanes) is 14. The second-order valence-corrected chi connectivity index (χ2v) is 11.4. The number of halogens is 15. The van der Waals surface area contributed by atoms with Crippen molar-refractivity contribution in [2.45, 2.75) is 152 Å². The summed E-state index contributed by atoms with van der Waals surface area (Å²) >= 11 is 0. The van der Waals surface area contributed by atoms with Crippen molar-refractivity contribution in [3.05, 3.63) is 0 Å². The first-order valence-corrected chi connectivity index (χ1v) is 15.6. The molecular weight excluding hydrogens is 695 g/mol. The molecular formula is C29H42F15NO3. The van der Waals surface area contributed by atoms with E-state index in [1.54, 1.807) is 0 Å². The maximum absolute atomic E-state index is 14.3. The van der Waals surface area contributed by atoms with E-state index < -0.39 is 71.6 Å². The van der Waals surface area contributed by atoms with Crippen LogP contribution in [0.5, 0.6) is 0 Å². The van der Waals surface area contributed by atoms with Crippen molar-refractivity contribution in [2.75, 3.05) is 19.7 Å². The van der Waals surface area contributed by atoms with Gasteiger partial charge in [-0.15, -0.1) is 0 Å². The molecule has 0 aromatic rings. The fourth-order valence-electron chi connectivity index (χ4n) is 4.49. The average Bonchev–Trinajstić information content (AvgIpc) is 2.98. The SMILES string of the molecule is CCCCCCCCCCCCCCCCCOC(=O)CN(CC)C(=O)C(F)(F)C(F)(F)C(F)(F)C(F)(F)C(F)(F)C(F)(F)C(F)(F)F. The van der Waals surface area contributed by atoms with Gasteiger partial charge in [0.15, 0.2) is 0 Å². The van der Waals surface area contributed by atoms with Crippen LogP contribution < -0.4 is 0 Å². The highest BCUT2D eigenvalue weighted by Crippen LogP contribution is 2.62. The molecule has 0 heterocycles. The number of carbonyl (C=O) groups is 2. The number of likely N-dealkylation sites (N-methyl/N-ethyl adjacent to an activating group) is 1. The second kappa shape index (κ2) is 18.8. The van der Waals surface area contributed by atoms with Crippen molar-refractivity contribution in [2.24, 2.45) is 0 Å². The Bertz CT molecular complexity index is 972. The Labute approximate surface area is 269 Å². The molecule has 48 heavy (non-hydrogen) atoms. The molecule has 0 rings (SSSR count). The lowest BCUT2D eigenvalue weighted by Crippen LogP contribution is -2.74. The summed E-state index contributed by atoms with van der Waals surface area (Å²) in [5.41, 5.74) is 0. The minimum absolute atomic E-state index is 0.232. The fourth-order valence-corrected chi connectivity index (χ4v) is 4.49. The minimum atomic E-state index is -8.50. The zero-order chi connectivity index (χ0) is 37.7. The third-order valence-corrected chi connectivity index (χ3v) is 7.60. The van der Waals surface area contributed by atoms with Gasteiger partial charge in [-0.25, -0.2) is 0 Å². The van der Waals surface area contributed by atoms with E-state index in [9.17, 15) is 75.4 Å². The zero-order valence-electron chi connectivity index (χ0n) is 26.6. The van der Waals surface area contributed by atoms with Crippen LogP contribution >= 0.6 is 0 Å². The van der Waals surface area contributed by atoms with Crippen LogP contribution in [-0.2, 0) is 14.3 Å². The Morgan fingerprint density at radius 1 is 0.479 bits per heavy atom. The first kappa shape index (κ1) is 45.9. The molecule has 286 valence electrons. The van der Waals surface area contributed by atoms with Gasteiger partial charge in [0.05, 0.1) is 6.61 Å². The fraction of sp³-hybridized carbons (Fsp3) is 0.931. The molecule has 0 radical (unpaired) electrons. The molecule has 0 aromatic carbocycles. The summed E-state index contributed by atoms with van der Waals surface area (Å²) < 4.78 is 206. The van der Waals surface area contributed by atoms with Crippen LogP contribution in [0.15, 0.2) is 0 Å². The Morgan fingerprint density at radius 3 is 1.17 bits per heavy atom. The normalized spacial score (nSPS) is 13.9. The molecule has 0 aromatic heterocycles. The van der Waals surface area contributed by atoms with Crippen LogP contribution in [0.1, 0.15) is 110 Å². The molecule has 0 atom stereocenters. The molecule has 4 nitrogen and oxygen atoms in total. The minimum Gasteiger partial charge on any atom is -0.464 e. The highest BCUT2D eigenvalue weighted by atomic mass is 19.4. The first-order valence-electron chi connectivity index (χ1n) is 15.6. The number of rotatable bonds is 25. The van der Waals surface area contributed by atoms with E-state index in [0.29, 0.717) is 13.3 Å². The number of nitrogens with zero attached hydrogens (tertiary/aromatic N) is 1. The van der Waals surface area contributed by atoms with Crippen LogP contribution in [0.4, 0.5) is 65.9 Å². The summed E-state index contributed by atoms with van der Waals surface area (Å²) in [7, 11) is 0. The summed E-state index contributed by atoms with van der Waals surface area (Å²) in [4.78, 5) is 23.3. The van der Waals surface area contributed by atoms with Crippen LogP contribution in [0.25, 0.3) is 0 Å². The van der Waals surface area contributed by atoms with Crippen LogP contribution in [0.3, 0.4) is 0 Å². The molecule has 0 fully saturated rings. The number of alkyl halides is 15. The van der Waals surface area contributed by atoms with Crippen molar-refractivity contribution in [1.82, 2.24) is 4.90 Å². The molecule has 0 spiro atoms. The van der Waals surface area contributed by atoms with E-state index in [1.807, 2.05) is 0 Å². The first-order chi connectivity index (χ1) is 21.8. The summed E-state index contributed by atoms with van der Waals surface area (Å²) in [5.74, 6) is -53.6. The summed E-state index contributed by atoms with van der Waals surface area (Å²) in [5, 5.41) is 0. The van der Waals surface area contributed by atoms with Gasteiger partial charge in [-0.05, 0) is 13.3 Å². The van der Waals surface area contributed by atoms with Gasteiger partial charge in [0, 0.05) is 6.54 Å². The average molecular weight is 738 g/mol. The summed E-state index contributed by atoms with van der Waals surface area (Å²) in [6, 6.07) is 0. The van der Waals surface area contributed by atoms with Crippen molar-refractivity contribution in [1.29, 1.82) is 0 Å². The number of hydrogen-bond acceptors (Lipinski definition) is 3. The van der Waals surface area contributed by atoms with Gasteiger partial charge in [-0.2, -0.15) is 65.9 Å². The lowest BCUT2D eigenvalue weighted by Gasteiger charge is -2.41. The molecule has 0 aliphatic carbocycles. The van der Waals surface area contributed by atoms with Crippen LogP contribution in [0, 0.1) is 0 Å². The molecule has 0 aliphatic rings. The monoisotopic (exact) mass is 737 g/mol. The van der Waals surface area contributed by atoms with Gasteiger partial charge in [0.1, 0.15) is 6.54 Å². The van der Waals surface area contributed by atoms with Gasteiger partial charge in [-0.3, -0.25) is 9.59 Å². The van der Waals surface area contributed by atoms with Crippen molar-refractivity contribution in [3.63, 3.8) is 0 Å². The second-order valence-electron chi connectivity index (χ2n) is 11.4. The van der Waals surface area contributed by atoms with E-state index in [-0.39, 0.29) is 13.0 Å². The Hall–Kier alpha value is -2.11. The van der Waals surface area contributed by atoms with E-state index >= 15 is 0 Å². The number of ether oxygens (including phenoxy) is 1. The standard InChI is InChI=1S/C29H42F15NO3/c1-3-5-6-7-8-9-10-11-12-13-14-15-16-17-18-19-48-21(46)20-45(4-2)22(47)23(30,31)24(32,33)25(34,35)26(36,37)27(38,39)28(40,41)29(42,43)44/h3-20H2,1-2H3. The lowest BCUT2D eigenvalue weighted by atomic mass is 9.90. The quantitative estimate of drug-likeness (QED) is 0.0533. The third-order valence-electron chi connectivity index (χ3n) is 7.60. The molecule has 0 unspecified atom stereocenters. The molecule has 0 bridgehead atoms. The van der Waals surface area contributed by atoms with Gasteiger partial charge in [0.2, 0.25) is 0 Å². The molecule has 0 N–H and O–H groups in total. The number of hydrogen-bond donors (Lipinski definition) is 0. The van der Waals surface area contributed by atoms with Crippen LogP contribution in [0.2, 0.25) is 0 Å². The number of carbonyl (C=O) groups excluding carboxylic acids is 2. The topological polar surface area (TPSA) is 46.6 Å². The third kappa shape index (κ3) is 10.9. The van der Waals surface area contributed by atoms with Crippen molar-refractivity contribution in [3.8, 4) is 0 Å². The predicted octanol–water partition coefficient (Wildman–Crippen LogP) is 10.6. The zero-order valence-corrected chi connectivity index (χ0v) is 26.6. The predicted molar refractivity (Wildman–Crippen MR) is 144 cm³/mol. The molecule has 0 saturated heterocycles. The maximum atomic E-state index is 14.3. The van der Waals surface area contributed by atoms with Gasteiger partial charge >= 0.3 is 47.7 Å². The smallest absolute Gasteiger partial charge is 0.460 e. The lowest BCUT2D eigenvalue weighted by molar-refractivity contribution is -0.449.